The number of nitrogens with two attached hydrogens (primary N) is 1. The fourth-order valence-electron chi connectivity index (χ4n) is 1.11. The van der Waals surface area contributed by atoms with Crippen molar-refractivity contribution < 1.29 is 0 Å². The van der Waals surface area contributed by atoms with Crippen LogP contribution in [0, 0.1) is 6.92 Å². The zero-order valence-corrected chi connectivity index (χ0v) is 9.50. The quantitative estimate of drug-likeness (QED) is 0.737. The summed E-state index contributed by atoms with van der Waals surface area (Å²) in [5.41, 5.74) is 6.69. The molecule has 2 N–H and O–H groups in total. The summed E-state index contributed by atoms with van der Waals surface area (Å²) in [5.74, 6) is 1.44. The van der Waals surface area contributed by atoms with Crippen molar-refractivity contribution in [3.05, 3.63) is 11.9 Å². The summed E-state index contributed by atoms with van der Waals surface area (Å²) in [7, 11) is 2.01. The van der Waals surface area contributed by atoms with Gasteiger partial charge in [-0.25, -0.2) is 9.97 Å². The van der Waals surface area contributed by atoms with Crippen molar-refractivity contribution in [2.45, 2.75) is 33.2 Å². The van der Waals surface area contributed by atoms with Gasteiger partial charge < -0.3 is 10.6 Å². The van der Waals surface area contributed by atoms with Crippen molar-refractivity contribution in [1.82, 2.24) is 9.97 Å². The normalized spacial score (nSPS) is 11.5. The van der Waals surface area contributed by atoms with Crippen molar-refractivity contribution in [3.63, 3.8) is 0 Å². The molecule has 0 aliphatic carbocycles. The first-order valence-electron chi connectivity index (χ1n) is 4.65. The molecule has 0 amide bonds. The van der Waals surface area contributed by atoms with Crippen LogP contribution in [0.1, 0.15) is 26.3 Å². The Bertz CT molecular complexity index is 327. The Morgan fingerprint density at radius 1 is 1.29 bits per heavy atom. The molecule has 0 bridgehead atoms. The summed E-state index contributed by atoms with van der Waals surface area (Å²) >= 11 is 0. The van der Waals surface area contributed by atoms with E-state index in [9.17, 15) is 0 Å². The first-order valence-corrected chi connectivity index (χ1v) is 4.65. The van der Waals surface area contributed by atoms with Crippen LogP contribution in [-0.4, -0.2) is 22.6 Å². The molecular formula is C10H18N4. The maximum absolute atomic E-state index is 5.72. The Morgan fingerprint density at radius 3 is 2.36 bits per heavy atom. The number of hydrogen-bond acceptors (Lipinski definition) is 4. The molecule has 0 radical (unpaired) electrons. The summed E-state index contributed by atoms with van der Waals surface area (Å²) in [5, 5.41) is 0. The Labute approximate surface area is 85.2 Å². The molecule has 4 heteroatoms. The van der Waals surface area contributed by atoms with Crippen LogP contribution in [0.4, 0.5) is 11.6 Å². The number of rotatable bonds is 1. The zero-order valence-electron chi connectivity index (χ0n) is 9.50. The van der Waals surface area contributed by atoms with E-state index in [2.05, 4.69) is 35.6 Å². The van der Waals surface area contributed by atoms with Crippen LogP contribution in [0.3, 0.4) is 0 Å². The molecular weight excluding hydrogens is 176 g/mol. The number of aromatic nitrogens is 2. The highest BCUT2D eigenvalue weighted by molar-refractivity contribution is 5.56. The smallest absolute Gasteiger partial charge is 0.137 e. The molecule has 1 rings (SSSR count). The van der Waals surface area contributed by atoms with Gasteiger partial charge in [-0.05, 0) is 27.7 Å². The average molecular weight is 194 g/mol. The lowest BCUT2D eigenvalue weighted by atomic mass is 10.1. The standard InChI is InChI=1S/C10H18N4/c1-7-8(11)12-6-13-9(7)14(5)10(2,3)4/h6H,1-5H3,(H2,11,12,13). The van der Waals surface area contributed by atoms with Crippen LogP contribution in [-0.2, 0) is 0 Å². The molecule has 0 spiro atoms. The second-order valence-electron chi connectivity index (χ2n) is 4.44. The van der Waals surface area contributed by atoms with Crippen molar-refractivity contribution in [3.8, 4) is 0 Å². The summed E-state index contributed by atoms with van der Waals surface area (Å²) in [6.07, 6.45) is 1.50. The highest BCUT2D eigenvalue weighted by Crippen LogP contribution is 2.24. The molecule has 0 saturated heterocycles. The fraction of sp³-hybridized carbons (Fsp3) is 0.600. The van der Waals surface area contributed by atoms with Crippen molar-refractivity contribution in [1.29, 1.82) is 0 Å². The van der Waals surface area contributed by atoms with E-state index < -0.39 is 0 Å². The highest BCUT2D eigenvalue weighted by Gasteiger charge is 2.20. The van der Waals surface area contributed by atoms with Crippen molar-refractivity contribution >= 4 is 11.6 Å². The third-order valence-corrected chi connectivity index (χ3v) is 2.42. The number of hydrogen-bond donors (Lipinski definition) is 1. The van der Waals surface area contributed by atoms with Gasteiger partial charge in [0.15, 0.2) is 0 Å². The maximum Gasteiger partial charge on any atom is 0.137 e. The van der Waals surface area contributed by atoms with Gasteiger partial charge in [-0.2, -0.15) is 0 Å². The molecule has 1 aromatic heterocycles. The van der Waals surface area contributed by atoms with E-state index in [4.69, 9.17) is 5.73 Å². The second kappa shape index (κ2) is 3.44. The van der Waals surface area contributed by atoms with E-state index in [0.717, 1.165) is 11.4 Å². The third kappa shape index (κ3) is 1.95. The van der Waals surface area contributed by atoms with Crippen molar-refractivity contribution in [2.24, 2.45) is 0 Å². The van der Waals surface area contributed by atoms with Gasteiger partial charge in [0, 0.05) is 18.2 Å². The molecule has 1 aromatic rings. The SMILES string of the molecule is Cc1c(N)ncnc1N(C)C(C)(C)C. The van der Waals surface area contributed by atoms with Gasteiger partial charge in [-0.1, -0.05) is 0 Å². The monoisotopic (exact) mass is 194 g/mol. The van der Waals surface area contributed by atoms with E-state index in [1.165, 1.54) is 6.33 Å². The van der Waals surface area contributed by atoms with Gasteiger partial charge in [0.05, 0.1) is 0 Å². The van der Waals surface area contributed by atoms with E-state index in [-0.39, 0.29) is 5.54 Å². The molecule has 78 valence electrons. The van der Waals surface area contributed by atoms with Crippen LogP contribution in [0.15, 0.2) is 6.33 Å². The minimum Gasteiger partial charge on any atom is -0.383 e. The lowest BCUT2D eigenvalue weighted by Gasteiger charge is -2.33. The Hall–Kier alpha value is -1.32. The van der Waals surface area contributed by atoms with E-state index >= 15 is 0 Å². The summed E-state index contributed by atoms with van der Waals surface area (Å²) in [6.45, 7) is 8.33. The molecule has 0 aromatic carbocycles. The van der Waals surface area contributed by atoms with Gasteiger partial charge in [0.1, 0.15) is 18.0 Å². The van der Waals surface area contributed by atoms with Crippen LogP contribution in [0.5, 0.6) is 0 Å². The molecule has 0 aliphatic heterocycles. The topological polar surface area (TPSA) is 55.0 Å². The average Bonchev–Trinajstić information content (AvgIpc) is 2.07. The largest absolute Gasteiger partial charge is 0.383 e. The van der Waals surface area contributed by atoms with Gasteiger partial charge >= 0.3 is 0 Å². The second-order valence-corrected chi connectivity index (χ2v) is 4.44. The molecule has 0 unspecified atom stereocenters. The molecule has 4 nitrogen and oxygen atoms in total. The van der Waals surface area contributed by atoms with Gasteiger partial charge in [0.25, 0.3) is 0 Å². The lowest BCUT2D eigenvalue weighted by Crippen LogP contribution is -2.39. The fourth-order valence-corrected chi connectivity index (χ4v) is 1.11. The van der Waals surface area contributed by atoms with Gasteiger partial charge in [0.2, 0.25) is 0 Å². The lowest BCUT2D eigenvalue weighted by molar-refractivity contribution is 0.532. The number of anilines is 2. The Balaban J connectivity index is 3.14. The first kappa shape index (κ1) is 10.8. The van der Waals surface area contributed by atoms with Gasteiger partial charge in [-0.3, -0.25) is 0 Å². The molecule has 14 heavy (non-hydrogen) atoms. The van der Waals surface area contributed by atoms with E-state index in [1.54, 1.807) is 0 Å². The summed E-state index contributed by atoms with van der Waals surface area (Å²) in [4.78, 5) is 10.3. The maximum atomic E-state index is 5.72. The van der Waals surface area contributed by atoms with Crippen LogP contribution >= 0.6 is 0 Å². The third-order valence-electron chi connectivity index (χ3n) is 2.42. The van der Waals surface area contributed by atoms with Gasteiger partial charge in [-0.15, -0.1) is 0 Å². The van der Waals surface area contributed by atoms with Crippen LogP contribution < -0.4 is 10.6 Å². The summed E-state index contributed by atoms with van der Waals surface area (Å²) < 4.78 is 0. The van der Waals surface area contributed by atoms with Crippen LogP contribution in [0.25, 0.3) is 0 Å². The Kier molecular flexibility index (Phi) is 2.64. The van der Waals surface area contributed by atoms with Crippen molar-refractivity contribution in [2.75, 3.05) is 17.7 Å². The number of nitrogens with zero attached hydrogens (tertiary/aromatic N) is 3. The Morgan fingerprint density at radius 2 is 1.86 bits per heavy atom. The zero-order chi connectivity index (χ0) is 10.9. The first-order chi connectivity index (χ1) is 6.34. The predicted octanol–water partition coefficient (Wildman–Crippen LogP) is 1.60. The minimum absolute atomic E-state index is 0.0333. The molecule has 0 saturated carbocycles. The molecule has 1 heterocycles. The highest BCUT2D eigenvalue weighted by atomic mass is 15.2. The van der Waals surface area contributed by atoms with Crippen LogP contribution in [0.2, 0.25) is 0 Å². The predicted molar refractivity (Wildman–Crippen MR) is 59.3 cm³/mol. The molecule has 0 fully saturated rings. The number of nitrogen functional groups attached to an aromatic ring is 1. The molecule has 0 atom stereocenters. The van der Waals surface area contributed by atoms with E-state index in [1.807, 2.05) is 14.0 Å². The minimum atomic E-state index is 0.0333. The van der Waals surface area contributed by atoms with E-state index in [0.29, 0.717) is 5.82 Å². The molecule has 0 aliphatic rings. The summed E-state index contributed by atoms with van der Waals surface area (Å²) in [6, 6.07) is 0.